The number of carbonyl (C=O) groups is 1. The lowest BCUT2D eigenvalue weighted by Crippen LogP contribution is -2.26. The highest BCUT2D eigenvalue weighted by molar-refractivity contribution is 5.96. The van der Waals surface area contributed by atoms with Crippen LogP contribution in [-0.4, -0.2) is 38.9 Å². The number of benzene rings is 1. The summed E-state index contributed by atoms with van der Waals surface area (Å²) in [5, 5.41) is 2.90. The molecule has 1 unspecified atom stereocenters. The van der Waals surface area contributed by atoms with Crippen molar-refractivity contribution in [2.45, 2.75) is 19.8 Å². The topological polar surface area (TPSA) is 73.6 Å². The van der Waals surface area contributed by atoms with E-state index in [2.05, 4.69) is 5.32 Å². The maximum absolute atomic E-state index is 12.0. The fraction of sp³-hybridized carbons (Fsp3) is 0.562. The lowest BCUT2D eigenvalue weighted by molar-refractivity contribution is 0.0853. The van der Waals surface area contributed by atoms with E-state index in [0.717, 1.165) is 38.2 Å². The van der Waals surface area contributed by atoms with Crippen molar-refractivity contribution in [2.75, 3.05) is 38.7 Å². The zero-order chi connectivity index (χ0) is 15.1. The first-order chi connectivity index (χ1) is 10.2. The highest BCUT2D eigenvalue weighted by atomic mass is 16.5. The summed E-state index contributed by atoms with van der Waals surface area (Å²) in [7, 11) is 0. The van der Waals surface area contributed by atoms with Crippen LogP contribution >= 0.6 is 0 Å². The average Bonchev–Trinajstić information content (AvgIpc) is 2.98. The third-order valence-electron chi connectivity index (χ3n) is 3.63. The van der Waals surface area contributed by atoms with Crippen LogP contribution in [0.15, 0.2) is 18.2 Å². The highest BCUT2D eigenvalue weighted by Crippen LogP contribution is 2.13. The number of amides is 1. The standard InChI is InChI=1S/C16H24N2O3/c1-12-3-4-14(17)9-15(12)16(19)18-6-2-7-20-10-13-5-8-21-11-13/h3-4,9,13H,2,5-8,10-11,17H2,1H3,(H,18,19). The number of carbonyl (C=O) groups excluding carboxylic acids is 1. The van der Waals surface area contributed by atoms with Crippen molar-refractivity contribution in [2.24, 2.45) is 5.92 Å². The number of aryl methyl sites for hydroxylation is 1. The summed E-state index contributed by atoms with van der Waals surface area (Å²) in [6, 6.07) is 5.37. The summed E-state index contributed by atoms with van der Waals surface area (Å²) in [5.74, 6) is 0.457. The molecule has 21 heavy (non-hydrogen) atoms. The van der Waals surface area contributed by atoms with E-state index in [1.165, 1.54) is 0 Å². The van der Waals surface area contributed by atoms with Crippen molar-refractivity contribution in [1.82, 2.24) is 5.32 Å². The van der Waals surface area contributed by atoms with Crippen molar-refractivity contribution in [1.29, 1.82) is 0 Å². The second-order valence-corrected chi connectivity index (χ2v) is 5.49. The Morgan fingerprint density at radius 3 is 3.14 bits per heavy atom. The summed E-state index contributed by atoms with van der Waals surface area (Å²) >= 11 is 0. The first-order valence-corrected chi connectivity index (χ1v) is 7.46. The van der Waals surface area contributed by atoms with E-state index in [0.29, 0.717) is 30.3 Å². The molecule has 0 radical (unpaired) electrons. The molecule has 1 aliphatic rings. The first kappa shape index (κ1) is 15.8. The van der Waals surface area contributed by atoms with Crippen LogP contribution in [0.5, 0.6) is 0 Å². The number of ether oxygens (including phenoxy) is 2. The van der Waals surface area contributed by atoms with E-state index in [9.17, 15) is 4.79 Å². The van der Waals surface area contributed by atoms with Gasteiger partial charge in [0.05, 0.1) is 13.2 Å². The molecule has 2 rings (SSSR count). The number of hydrogen-bond acceptors (Lipinski definition) is 4. The molecule has 0 saturated carbocycles. The first-order valence-electron chi connectivity index (χ1n) is 7.46. The van der Waals surface area contributed by atoms with E-state index in [-0.39, 0.29) is 5.91 Å². The lowest BCUT2D eigenvalue weighted by atomic mass is 10.1. The number of nitrogen functional groups attached to an aromatic ring is 1. The second-order valence-electron chi connectivity index (χ2n) is 5.49. The summed E-state index contributed by atoms with van der Waals surface area (Å²) < 4.78 is 10.9. The van der Waals surface area contributed by atoms with Gasteiger partial charge in [-0.1, -0.05) is 6.07 Å². The van der Waals surface area contributed by atoms with Crippen LogP contribution < -0.4 is 11.1 Å². The third kappa shape index (κ3) is 5.02. The minimum Gasteiger partial charge on any atom is -0.399 e. The largest absolute Gasteiger partial charge is 0.399 e. The molecular weight excluding hydrogens is 268 g/mol. The molecule has 3 N–H and O–H groups in total. The quantitative estimate of drug-likeness (QED) is 0.593. The Labute approximate surface area is 125 Å². The van der Waals surface area contributed by atoms with E-state index in [1.807, 2.05) is 13.0 Å². The van der Waals surface area contributed by atoms with Gasteiger partial charge in [0.1, 0.15) is 0 Å². The van der Waals surface area contributed by atoms with Gasteiger partial charge >= 0.3 is 0 Å². The molecule has 0 spiro atoms. The van der Waals surface area contributed by atoms with Crippen molar-refractivity contribution < 1.29 is 14.3 Å². The monoisotopic (exact) mass is 292 g/mol. The van der Waals surface area contributed by atoms with Crippen LogP contribution in [0, 0.1) is 12.8 Å². The van der Waals surface area contributed by atoms with Gasteiger partial charge in [0.25, 0.3) is 5.91 Å². The molecule has 1 aromatic rings. The van der Waals surface area contributed by atoms with Gasteiger partial charge in [-0.15, -0.1) is 0 Å². The Morgan fingerprint density at radius 2 is 2.38 bits per heavy atom. The second kappa shape index (κ2) is 8.00. The van der Waals surface area contributed by atoms with Crippen LogP contribution in [-0.2, 0) is 9.47 Å². The maximum Gasteiger partial charge on any atom is 0.251 e. The van der Waals surface area contributed by atoms with Gasteiger partial charge in [0, 0.05) is 36.9 Å². The lowest BCUT2D eigenvalue weighted by Gasteiger charge is -2.10. The molecule has 0 aromatic heterocycles. The molecule has 0 bridgehead atoms. The minimum atomic E-state index is -0.0796. The van der Waals surface area contributed by atoms with Gasteiger partial charge in [0.2, 0.25) is 0 Å². The van der Waals surface area contributed by atoms with Gasteiger partial charge < -0.3 is 20.5 Å². The Bertz CT molecular complexity index is 471. The zero-order valence-electron chi connectivity index (χ0n) is 12.6. The molecule has 1 saturated heterocycles. The summed E-state index contributed by atoms with van der Waals surface area (Å²) in [6.07, 6.45) is 1.89. The number of nitrogens with two attached hydrogens (primary N) is 1. The van der Waals surface area contributed by atoms with Crippen LogP contribution in [0.3, 0.4) is 0 Å². The third-order valence-corrected chi connectivity index (χ3v) is 3.63. The van der Waals surface area contributed by atoms with Gasteiger partial charge in [-0.05, 0) is 37.5 Å². The zero-order valence-corrected chi connectivity index (χ0v) is 12.6. The molecule has 1 heterocycles. The number of rotatable bonds is 7. The van der Waals surface area contributed by atoms with Crippen LogP contribution in [0.4, 0.5) is 5.69 Å². The Hall–Kier alpha value is -1.59. The van der Waals surface area contributed by atoms with Crippen molar-refractivity contribution >= 4 is 11.6 Å². The van der Waals surface area contributed by atoms with Gasteiger partial charge in [-0.3, -0.25) is 4.79 Å². The molecule has 0 aliphatic carbocycles. The number of hydrogen-bond donors (Lipinski definition) is 2. The molecular formula is C16H24N2O3. The maximum atomic E-state index is 12.0. The SMILES string of the molecule is Cc1ccc(N)cc1C(=O)NCCCOCC1CCOC1. The summed E-state index contributed by atoms with van der Waals surface area (Å²) in [5.41, 5.74) is 7.88. The smallest absolute Gasteiger partial charge is 0.251 e. The van der Waals surface area contributed by atoms with E-state index in [4.69, 9.17) is 15.2 Å². The van der Waals surface area contributed by atoms with Crippen molar-refractivity contribution in [3.8, 4) is 0 Å². The average molecular weight is 292 g/mol. The van der Waals surface area contributed by atoms with E-state index < -0.39 is 0 Å². The Balaban J connectivity index is 1.61. The predicted molar refractivity (Wildman–Crippen MR) is 82.3 cm³/mol. The van der Waals surface area contributed by atoms with Gasteiger partial charge in [-0.2, -0.15) is 0 Å². The van der Waals surface area contributed by atoms with E-state index in [1.54, 1.807) is 12.1 Å². The highest BCUT2D eigenvalue weighted by Gasteiger charge is 2.15. The van der Waals surface area contributed by atoms with Crippen LogP contribution in [0.1, 0.15) is 28.8 Å². The molecule has 1 amide bonds. The Kier molecular flexibility index (Phi) is 6.02. The fourth-order valence-corrected chi connectivity index (χ4v) is 2.32. The number of nitrogens with one attached hydrogen (secondary N) is 1. The summed E-state index contributed by atoms with van der Waals surface area (Å²) in [4.78, 5) is 12.0. The van der Waals surface area contributed by atoms with Crippen LogP contribution in [0.25, 0.3) is 0 Å². The fourth-order valence-electron chi connectivity index (χ4n) is 2.32. The van der Waals surface area contributed by atoms with Crippen molar-refractivity contribution in [3.05, 3.63) is 29.3 Å². The Morgan fingerprint density at radius 1 is 1.52 bits per heavy atom. The van der Waals surface area contributed by atoms with E-state index >= 15 is 0 Å². The molecule has 1 atom stereocenters. The van der Waals surface area contributed by atoms with Gasteiger partial charge in [0.15, 0.2) is 0 Å². The van der Waals surface area contributed by atoms with Gasteiger partial charge in [-0.25, -0.2) is 0 Å². The number of anilines is 1. The minimum absolute atomic E-state index is 0.0796. The molecule has 116 valence electrons. The molecule has 5 heteroatoms. The molecule has 1 fully saturated rings. The van der Waals surface area contributed by atoms with Crippen LogP contribution in [0.2, 0.25) is 0 Å². The van der Waals surface area contributed by atoms with Crippen molar-refractivity contribution in [3.63, 3.8) is 0 Å². The molecule has 1 aliphatic heterocycles. The molecule has 1 aromatic carbocycles. The predicted octanol–water partition coefficient (Wildman–Crippen LogP) is 1.75. The molecule has 5 nitrogen and oxygen atoms in total. The normalized spacial score (nSPS) is 17.9. The summed E-state index contributed by atoms with van der Waals surface area (Å²) in [6.45, 7) is 5.58.